The first-order chi connectivity index (χ1) is 9.84. The molecule has 0 amide bonds. The largest absolute Gasteiger partial charge is 0.0622 e. The fourth-order valence-corrected chi connectivity index (χ4v) is 2.80. The SMILES string of the molecule is Cc1ccccc1.[NaH].c1ccc(Pc2ccccc2)cc1. The van der Waals surface area contributed by atoms with E-state index in [1.165, 1.54) is 16.2 Å². The van der Waals surface area contributed by atoms with Crippen molar-refractivity contribution in [1.29, 1.82) is 0 Å². The standard InChI is InChI=1S/C12H11P.C7H8.Na.H/c1-3-7-11(8-4-1)13-12-9-5-2-6-10-12;1-7-5-3-2-4-6-7;;/h1-10,13H;2-6H,1H3;;. The maximum Gasteiger partial charge on any atom is -0.0226 e. The molecule has 0 radical (unpaired) electrons. The molecule has 0 spiro atoms. The Morgan fingerprint density at radius 3 is 1.14 bits per heavy atom. The zero-order valence-corrected chi connectivity index (χ0v) is 12.7. The monoisotopic (exact) mass is 302 g/mol. The van der Waals surface area contributed by atoms with Crippen molar-refractivity contribution in [2.45, 2.75) is 6.92 Å². The molecular formula is C19H20NaP. The average molecular weight is 302 g/mol. The van der Waals surface area contributed by atoms with Crippen molar-refractivity contribution in [1.82, 2.24) is 0 Å². The van der Waals surface area contributed by atoms with Crippen molar-refractivity contribution >= 4 is 48.7 Å². The van der Waals surface area contributed by atoms with Crippen LogP contribution in [0.25, 0.3) is 0 Å². The molecular weight excluding hydrogens is 282 g/mol. The van der Waals surface area contributed by atoms with E-state index < -0.39 is 0 Å². The van der Waals surface area contributed by atoms with Gasteiger partial charge in [0.1, 0.15) is 0 Å². The zero-order chi connectivity index (χ0) is 14.0. The van der Waals surface area contributed by atoms with Gasteiger partial charge in [0.2, 0.25) is 0 Å². The second-order valence-electron chi connectivity index (χ2n) is 4.51. The Balaban J connectivity index is 0.000000236. The number of hydrogen-bond acceptors (Lipinski definition) is 0. The van der Waals surface area contributed by atoms with Crippen molar-refractivity contribution in [2.24, 2.45) is 0 Å². The summed E-state index contributed by atoms with van der Waals surface area (Å²) in [4.78, 5) is 0. The Morgan fingerprint density at radius 1 is 0.524 bits per heavy atom. The van der Waals surface area contributed by atoms with Gasteiger partial charge in [0.05, 0.1) is 0 Å². The molecule has 3 rings (SSSR count). The van der Waals surface area contributed by atoms with Crippen molar-refractivity contribution < 1.29 is 0 Å². The Morgan fingerprint density at radius 2 is 0.857 bits per heavy atom. The summed E-state index contributed by atoms with van der Waals surface area (Å²) in [7, 11) is 0.777. The molecule has 3 aromatic rings. The summed E-state index contributed by atoms with van der Waals surface area (Å²) in [5.74, 6) is 0. The van der Waals surface area contributed by atoms with E-state index in [2.05, 4.69) is 79.7 Å². The van der Waals surface area contributed by atoms with Crippen LogP contribution in [0.3, 0.4) is 0 Å². The van der Waals surface area contributed by atoms with Crippen LogP contribution in [0.5, 0.6) is 0 Å². The molecule has 0 saturated carbocycles. The summed E-state index contributed by atoms with van der Waals surface area (Å²) in [6.45, 7) is 2.08. The number of benzene rings is 3. The molecule has 21 heavy (non-hydrogen) atoms. The first-order valence-electron chi connectivity index (χ1n) is 6.73. The Labute approximate surface area is 151 Å². The van der Waals surface area contributed by atoms with Crippen molar-refractivity contribution in [3.05, 3.63) is 96.6 Å². The normalized spacial score (nSPS) is 9.00. The molecule has 0 unspecified atom stereocenters. The maximum absolute atomic E-state index is 2.17. The molecule has 2 heteroatoms. The van der Waals surface area contributed by atoms with Gasteiger partial charge >= 0.3 is 29.6 Å². The molecule has 0 nitrogen and oxygen atoms in total. The van der Waals surface area contributed by atoms with Crippen molar-refractivity contribution in [2.75, 3.05) is 0 Å². The van der Waals surface area contributed by atoms with Gasteiger partial charge in [-0.2, -0.15) is 0 Å². The Bertz CT molecular complexity index is 557. The van der Waals surface area contributed by atoms with Crippen LogP contribution in [0.1, 0.15) is 5.56 Å². The van der Waals surface area contributed by atoms with Crippen molar-refractivity contribution in [3.63, 3.8) is 0 Å². The minimum Gasteiger partial charge on any atom is -0.0622 e. The molecule has 0 aromatic heterocycles. The third kappa shape index (κ3) is 7.60. The molecule has 0 N–H and O–H groups in total. The van der Waals surface area contributed by atoms with Gasteiger partial charge in [-0.05, 0) is 17.5 Å². The zero-order valence-electron chi connectivity index (χ0n) is 11.7. The minimum atomic E-state index is 0. The molecule has 0 aliphatic rings. The third-order valence-electron chi connectivity index (χ3n) is 2.78. The number of hydrogen-bond donors (Lipinski definition) is 0. The predicted molar refractivity (Wildman–Crippen MR) is 98.8 cm³/mol. The molecule has 0 aliphatic heterocycles. The average Bonchev–Trinajstić information content (AvgIpc) is 2.51. The fraction of sp³-hybridized carbons (Fsp3) is 0.0526. The van der Waals surface area contributed by atoms with Crippen LogP contribution in [-0.2, 0) is 0 Å². The van der Waals surface area contributed by atoms with Crippen LogP contribution in [0.15, 0.2) is 91.0 Å². The minimum absolute atomic E-state index is 0. The van der Waals surface area contributed by atoms with Gasteiger partial charge < -0.3 is 0 Å². The summed E-state index contributed by atoms with van der Waals surface area (Å²) >= 11 is 0. The van der Waals surface area contributed by atoms with Gasteiger partial charge in [0.15, 0.2) is 0 Å². The first-order valence-corrected chi connectivity index (χ1v) is 7.73. The van der Waals surface area contributed by atoms with E-state index >= 15 is 0 Å². The molecule has 0 heterocycles. The van der Waals surface area contributed by atoms with E-state index in [0.29, 0.717) is 0 Å². The molecule has 0 aliphatic carbocycles. The van der Waals surface area contributed by atoms with Crippen LogP contribution < -0.4 is 10.6 Å². The van der Waals surface area contributed by atoms with Crippen LogP contribution in [0.2, 0.25) is 0 Å². The van der Waals surface area contributed by atoms with E-state index in [1.807, 2.05) is 18.2 Å². The number of aryl methyl sites for hydroxylation is 1. The van der Waals surface area contributed by atoms with E-state index in [-0.39, 0.29) is 29.6 Å². The van der Waals surface area contributed by atoms with E-state index in [0.717, 1.165) is 8.58 Å². The summed E-state index contributed by atoms with van der Waals surface area (Å²) in [5, 5.41) is 2.79. The smallest absolute Gasteiger partial charge is 0.0226 e. The molecule has 102 valence electrons. The number of rotatable bonds is 2. The molecule has 0 saturated heterocycles. The van der Waals surface area contributed by atoms with Crippen LogP contribution in [-0.4, -0.2) is 29.6 Å². The van der Waals surface area contributed by atoms with E-state index in [1.54, 1.807) is 0 Å². The van der Waals surface area contributed by atoms with Crippen LogP contribution in [0, 0.1) is 6.92 Å². The van der Waals surface area contributed by atoms with Gasteiger partial charge in [0, 0.05) is 0 Å². The second-order valence-corrected chi connectivity index (χ2v) is 5.92. The van der Waals surface area contributed by atoms with Crippen LogP contribution >= 0.6 is 8.58 Å². The van der Waals surface area contributed by atoms with Gasteiger partial charge in [-0.3, -0.25) is 0 Å². The molecule has 0 fully saturated rings. The molecule has 0 bridgehead atoms. The quantitative estimate of drug-likeness (QED) is 0.500. The first kappa shape index (κ1) is 18.1. The Hall–Kier alpha value is -0.910. The van der Waals surface area contributed by atoms with Gasteiger partial charge in [0.25, 0.3) is 0 Å². The van der Waals surface area contributed by atoms with Crippen molar-refractivity contribution in [3.8, 4) is 0 Å². The topological polar surface area (TPSA) is 0 Å². The maximum atomic E-state index is 2.17. The fourth-order valence-electron chi connectivity index (χ4n) is 1.74. The Kier molecular flexibility index (Phi) is 9.30. The van der Waals surface area contributed by atoms with Gasteiger partial charge in [-0.1, -0.05) is 105 Å². The third-order valence-corrected chi connectivity index (χ3v) is 4.02. The van der Waals surface area contributed by atoms with Crippen LogP contribution in [0.4, 0.5) is 0 Å². The summed E-state index contributed by atoms with van der Waals surface area (Å²) in [6, 6.07) is 31.4. The van der Waals surface area contributed by atoms with E-state index in [4.69, 9.17) is 0 Å². The second kappa shape index (κ2) is 10.8. The van der Waals surface area contributed by atoms with Gasteiger partial charge in [-0.25, -0.2) is 0 Å². The molecule has 0 atom stereocenters. The summed E-state index contributed by atoms with van der Waals surface area (Å²) in [5.41, 5.74) is 1.32. The predicted octanol–water partition coefficient (Wildman–Crippen LogP) is 3.66. The van der Waals surface area contributed by atoms with E-state index in [9.17, 15) is 0 Å². The summed E-state index contributed by atoms with van der Waals surface area (Å²) in [6.07, 6.45) is 0. The molecule has 3 aromatic carbocycles. The van der Waals surface area contributed by atoms with Gasteiger partial charge in [-0.15, -0.1) is 0 Å². The summed E-state index contributed by atoms with van der Waals surface area (Å²) < 4.78 is 0.